The van der Waals surface area contributed by atoms with Crippen molar-refractivity contribution in [1.82, 2.24) is 4.90 Å². The standard InChI is InChI=1S/C11H20ClNO3/c1-11(2,3)16-10(15)13(4)8-9(14)6-5-7-12/h5-8H2,1-4H3. The maximum absolute atomic E-state index is 11.5. The molecule has 4 nitrogen and oxygen atoms in total. The first-order valence-corrected chi connectivity index (χ1v) is 5.81. The van der Waals surface area contributed by atoms with Gasteiger partial charge in [0, 0.05) is 19.3 Å². The number of likely N-dealkylation sites (N-methyl/N-ethyl adjacent to an activating group) is 1. The Morgan fingerprint density at radius 2 is 1.88 bits per heavy atom. The molecule has 0 aliphatic carbocycles. The Bertz CT molecular complexity index is 248. The van der Waals surface area contributed by atoms with E-state index in [4.69, 9.17) is 16.3 Å². The number of amides is 1. The van der Waals surface area contributed by atoms with Gasteiger partial charge in [-0.3, -0.25) is 4.79 Å². The Balaban J connectivity index is 4.01. The fourth-order valence-electron chi connectivity index (χ4n) is 1.01. The molecule has 0 rings (SSSR count). The van der Waals surface area contributed by atoms with Crippen molar-refractivity contribution < 1.29 is 14.3 Å². The van der Waals surface area contributed by atoms with Gasteiger partial charge in [0.25, 0.3) is 0 Å². The van der Waals surface area contributed by atoms with Crippen LogP contribution in [0.25, 0.3) is 0 Å². The van der Waals surface area contributed by atoms with Crippen LogP contribution in [-0.2, 0) is 9.53 Å². The molecule has 0 unspecified atom stereocenters. The van der Waals surface area contributed by atoms with Crippen LogP contribution in [0.15, 0.2) is 0 Å². The lowest BCUT2D eigenvalue weighted by atomic mass is 10.2. The number of halogens is 1. The fourth-order valence-corrected chi connectivity index (χ4v) is 1.15. The van der Waals surface area contributed by atoms with Crippen LogP contribution in [0.4, 0.5) is 4.79 Å². The number of ether oxygens (including phenoxy) is 1. The van der Waals surface area contributed by atoms with Crippen molar-refractivity contribution >= 4 is 23.5 Å². The number of nitrogens with zero attached hydrogens (tertiary/aromatic N) is 1. The number of ketones is 1. The zero-order valence-electron chi connectivity index (χ0n) is 10.4. The summed E-state index contributed by atoms with van der Waals surface area (Å²) in [7, 11) is 1.55. The van der Waals surface area contributed by atoms with E-state index in [1.54, 1.807) is 27.8 Å². The summed E-state index contributed by atoms with van der Waals surface area (Å²) in [5.74, 6) is 0.455. The van der Waals surface area contributed by atoms with Crippen molar-refractivity contribution in [2.45, 2.75) is 39.2 Å². The molecule has 0 aromatic heterocycles. The second kappa shape index (κ2) is 6.74. The van der Waals surface area contributed by atoms with Gasteiger partial charge in [-0.15, -0.1) is 11.6 Å². The highest BCUT2D eigenvalue weighted by Crippen LogP contribution is 2.09. The summed E-state index contributed by atoms with van der Waals surface area (Å²) in [6.45, 7) is 5.43. The van der Waals surface area contributed by atoms with Crippen LogP contribution in [0.2, 0.25) is 0 Å². The average Bonchev–Trinajstić information content (AvgIpc) is 2.11. The van der Waals surface area contributed by atoms with Crippen LogP contribution in [0, 0.1) is 0 Å². The molecule has 0 fully saturated rings. The van der Waals surface area contributed by atoms with Gasteiger partial charge in [-0.25, -0.2) is 4.79 Å². The first kappa shape index (κ1) is 15.2. The third-order valence-corrected chi connectivity index (χ3v) is 1.98. The van der Waals surface area contributed by atoms with Gasteiger partial charge in [0.2, 0.25) is 0 Å². The first-order valence-electron chi connectivity index (χ1n) is 5.28. The molecule has 0 bridgehead atoms. The molecular weight excluding hydrogens is 230 g/mol. The number of hydrogen-bond donors (Lipinski definition) is 0. The fraction of sp³-hybridized carbons (Fsp3) is 0.818. The van der Waals surface area contributed by atoms with Crippen molar-refractivity contribution in [1.29, 1.82) is 0 Å². The Morgan fingerprint density at radius 3 is 2.31 bits per heavy atom. The van der Waals surface area contributed by atoms with Crippen LogP contribution >= 0.6 is 11.6 Å². The van der Waals surface area contributed by atoms with Gasteiger partial charge in [0.15, 0.2) is 5.78 Å². The summed E-state index contributed by atoms with van der Waals surface area (Å²) in [6, 6.07) is 0. The molecule has 0 saturated carbocycles. The summed E-state index contributed by atoms with van der Waals surface area (Å²) >= 11 is 5.47. The van der Waals surface area contributed by atoms with Crippen molar-refractivity contribution in [2.24, 2.45) is 0 Å². The Kier molecular flexibility index (Phi) is 6.41. The molecule has 0 aromatic carbocycles. The van der Waals surface area contributed by atoms with Crippen molar-refractivity contribution in [2.75, 3.05) is 19.5 Å². The lowest BCUT2D eigenvalue weighted by Gasteiger charge is -2.24. The highest BCUT2D eigenvalue weighted by molar-refractivity contribution is 6.17. The summed E-state index contributed by atoms with van der Waals surface area (Å²) < 4.78 is 5.11. The summed E-state index contributed by atoms with van der Waals surface area (Å²) in [5, 5.41) is 0. The summed E-state index contributed by atoms with van der Waals surface area (Å²) in [6.07, 6.45) is 0.561. The zero-order chi connectivity index (χ0) is 12.8. The van der Waals surface area contributed by atoms with E-state index >= 15 is 0 Å². The first-order chi connectivity index (χ1) is 7.26. The van der Waals surface area contributed by atoms with E-state index in [9.17, 15) is 9.59 Å². The predicted octanol–water partition coefficient (Wildman–Crippen LogP) is 2.44. The number of rotatable bonds is 5. The van der Waals surface area contributed by atoms with Crippen LogP contribution in [-0.4, -0.2) is 41.8 Å². The van der Waals surface area contributed by atoms with Gasteiger partial charge in [-0.2, -0.15) is 0 Å². The highest BCUT2D eigenvalue weighted by Gasteiger charge is 2.20. The molecule has 0 atom stereocenters. The summed E-state index contributed by atoms with van der Waals surface area (Å²) in [5.41, 5.74) is -0.537. The molecule has 0 aliphatic rings. The molecule has 5 heteroatoms. The lowest BCUT2D eigenvalue weighted by molar-refractivity contribution is -0.120. The molecule has 94 valence electrons. The van der Waals surface area contributed by atoms with Crippen LogP contribution < -0.4 is 0 Å². The van der Waals surface area contributed by atoms with E-state index in [0.29, 0.717) is 18.7 Å². The zero-order valence-corrected chi connectivity index (χ0v) is 11.1. The van der Waals surface area contributed by atoms with E-state index in [-0.39, 0.29) is 12.3 Å². The Labute approximate surface area is 102 Å². The van der Waals surface area contributed by atoms with Gasteiger partial charge >= 0.3 is 6.09 Å². The van der Waals surface area contributed by atoms with Gasteiger partial charge in [0.1, 0.15) is 5.60 Å². The predicted molar refractivity (Wildman–Crippen MR) is 63.8 cm³/mol. The monoisotopic (exact) mass is 249 g/mol. The van der Waals surface area contributed by atoms with E-state index < -0.39 is 11.7 Å². The van der Waals surface area contributed by atoms with Crippen molar-refractivity contribution in [3.05, 3.63) is 0 Å². The smallest absolute Gasteiger partial charge is 0.410 e. The molecular formula is C11H20ClNO3. The molecule has 0 N–H and O–H groups in total. The van der Waals surface area contributed by atoms with Crippen LogP contribution in [0.1, 0.15) is 33.6 Å². The number of carbonyl (C=O) groups excluding carboxylic acids is 2. The second-order valence-electron chi connectivity index (χ2n) is 4.67. The molecule has 0 spiro atoms. The number of hydrogen-bond acceptors (Lipinski definition) is 3. The molecule has 0 radical (unpaired) electrons. The molecule has 0 aromatic rings. The normalized spacial score (nSPS) is 11.1. The third-order valence-electron chi connectivity index (χ3n) is 1.71. The molecule has 16 heavy (non-hydrogen) atoms. The van der Waals surface area contributed by atoms with Crippen LogP contribution in [0.5, 0.6) is 0 Å². The Hall–Kier alpha value is -0.770. The number of carbonyl (C=O) groups is 2. The highest BCUT2D eigenvalue weighted by atomic mass is 35.5. The lowest BCUT2D eigenvalue weighted by Crippen LogP contribution is -2.37. The van der Waals surface area contributed by atoms with Gasteiger partial charge in [-0.05, 0) is 27.2 Å². The number of alkyl halides is 1. The average molecular weight is 250 g/mol. The largest absolute Gasteiger partial charge is 0.444 e. The molecule has 0 aliphatic heterocycles. The van der Waals surface area contributed by atoms with E-state index in [1.807, 2.05) is 0 Å². The minimum atomic E-state index is -0.537. The maximum Gasteiger partial charge on any atom is 0.410 e. The second-order valence-corrected chi connectivity index (χ2v) is 5.05. The van der Waals surface area contributed by atoms with E-state index in [2.05, 4.69) is 0 Å². The van der Waals surface area contributed by atoms with Crippen molar-refractivity contribution in [3.63, 3.8) is 0 Å². The van der Waals surface area contributed by atoms with E-state index in [1.165, 1.54) is 4.90 Å². The minimum Gasteiger partial charge on any atom is -0.444 e. The third kappa shape index (κ3) is 7.51. The topological polar surface area (TPSA) is 46.6 Å². The van der Waals surface area contributed by atoms with Crippen LogP contribution in [0.3, 0.4) is 0 Å². The maximum atomic E-state index is 11.5. The van der Waals surface area contributed by atoms with Gasteiger partial charge in [-0.1, -0.05) is 0 Å². The molecule has 1 amide bonds. The molecule has 0 saturated heterocycles. The van der Waals surface area contributed by atoms with Gasteiger partial charge in [0.05, 0.1) is 6.54 Å². The SMILES string of the molecule is CN(CC(=O)CCCCl)C(=O)OC(C)(C)C. The van der Waals surface area contributed by atoms with Gasteiger partial charge < -0.3 is 9.64 Å². The van der Waals surface area contributed by atoms with Crippen molar-refractivity contribution in [3.8, 4) is 0 Å². The minimum absolute atomic E-state index is 0.00555. The molecule has 0 heterocycles. The quantitative estimate of drug-likeness (QED) is 0.703. The Morgan fingerprint density at radius 1 is 1.31 bits per heavy atom. The number of Topliss-reactive ketones (excluding diaryl/α,β-unsaturated/α-hetero) is 1. The summed E-state index contributed by atoms with van der Waals surface area (Å²) in [4.78, 5) is 24.1. The van der Waals surface area contributed by atoms with E-state index in [0.717, 1.165) is 0 Å².